The van der Waals surface area contributed by atoms with Crippen LogP contribution in [0.25, 0.3) is 0 Å². The Kier molecular flexibility index (Phi) is 5.17. The standard InChI is InChI=1S/C14H10F5N3O2/c15-10-2-1-9(6-11(10)16)22-13(23)21-7-8-3-4-20-12(5-8)24-14(17,18)19/h1-6H,7H2,(H2,21,22,23). The summed E-state index contributed by atoms with van der Waals surface area (Å²) in [5, 5.41) is 4.59. The van der Waals surface area contributed by atoms with Crippen molar-refractivity contribution in [2.24, 2.45) is 0 Å². The van der Waals surface area contributed by atoms with Crippen molar-refractivity contribution in [2.45, 2.75) is 12.9 Å². The number of urea groups is 1. The molecule has 2 aromatic rings. The summed E-state index contributed by atoms with van der Waals surface area (Å²) in [4.78, 5) is 15.0. The van der Waals surface area contributed by atoms with E-state index in [1.54, 1.807) is 0 Å². The molecule has 0 aliphatic heterocycles. The van der Waals surface area contributed by atoms with Crippen LogP contribution < -0.4 is 15.4 Å². The fourth-order valence-corrected chi connectivity index (χ4v) is 1.67. The Labute approximate surface area is 132 Å². The number of carbonyl (C=O) groups is 1. The van der Waals surface area contributed by atoms with E-state index < -0.39 is 29.9 Å². The van der Waals surface area contributed by atoms with Crippen LogP contribution in [0.2, 0.25) is 0 Å². The van der Waals surface area contributed by atoms with E-state index in [9.17, 15) is 26.7 Å². The third kappa shape index (κ3) is 5.38. The zero-order chi connectivity index (χ0) is 17.7. The minimum absolute atomic E-state index is 0.0159. The molecule has 1 aromatic carbocycles. The molecule has 0 fully saturated rings. The Morgan fingerprint density at radius 3 is 2.54 bits per heavy atom. The molecule has 0 atom stereocenters. The highest BCUT2D eigenvalue weighted by atomic mass is 19.4. The number of hydrogen-bond donors (Lipinski definition) is 2. The van der Waals surface area contributed by atoms with Crippen LogP contribution in [-0.4, -0.2) is 17.4 Å². The molecule has 0 bridgehead atoms. The van der Waals surface area contributed by atoms with E-state index in [2.05, 4.69) is 20.4 Å². The van der Waals surface area contributed by atoms with E-state index >= 15 is 0 Å². The SMILES string of the molecule is O=C(NCc1ccnc(OC(F)(F)F)c1)Nc1ccc(F)c(F)c1. The maximum Gasteiger partial charge on any atom is 0.574 e. The Hall–Kier alpha value is -2.91. The number of carbonyl (C=O) groups excluding carboxylic acids is 1. The maximum absolute atomic E-state index is 13.0. The molecule has 0 aliphatic rings. The van der Waals surface area contributed by atoms with E-state index in [0.717, 1.165) is 30.5 Å². The van der Waals surface area contributed by atoms with Crippen molar-refractivity contribution < 1.29 is 31.5 Å². The predicted molar refractivity (Wildman–Crippen MR) is 73.1 cm³/mol. The van der Waals surface area contributed by atoms with Gasteiger partial charge in [0, 0.05) is 30.6 Å². The summed E-state index contributed by atoms with van der Waals surface area (Å²) in [5.74, 6) is -2.85. The average molecular weight is 347 g/mol. The molecule has 2 amide bonds. The molecule has 5 nitrogen and oxygen atoms in total. The molecule has 0 saturated carbocycles. The molecule has 24 heavy (non-hydrogen) atoms. The number of ether oxygens (including phenoxy) is 1. The van der Waals surface area contributed by atoms with Gasteiger partial charge in [0.1, 0.15) is 0 Å². The summed E-state index contributed by atoms with van der Waals surface area (Å²) < 4.78 is 65.7. The second-order valence-electron chi connectivity index (χ2n) is 4.49. The summed E-state index contributed by atoms with van der Waals surface area (Å²) in [6, 6.07) is 4.41. The van der Waals surface area contributed by atoms with Gasteiger partial charge in [0.25, 0.3) is 0 Å². The average Bonchev–Trinajstić information content (AvgIpc) is 2.48. The maximum atomic E-state index is 13.0. The summed E-state index contributed by atoms with van der Waals surface area (Å²) in [5.41, 5.74) is 0.312. The van der Waals surface area contributed by atoms with E-state index in [0.29, 0.717) is 5.56 Å². The summed E-state index contributed by atoms with van der Waals surface area (Å²) in [7, 11) is 0. The molecule has 10 heteroatoms. The second kappa shape index (κ2) is 7.11. The number of rotatable bonds is 4. The van der Waals surface area contributed by atoms with Gasteiger partial charge < -0.3 is 15.4 Å². The van der Waals surface area contributed by atoms with Crippen LogP contribution in [0.3, 0.4) is 0 Å². The number of nitrogens with one attached hydrogen (secondary N) is 2. The quantitative estimate of drug-likeness (QED) is 0.831. The zero-order valence-corrected chi connectivity index (χ0v) is 11.8. The van der Waals surface area contributed by atoms with Crippen LogP contribution in [0.5, 0.6) is 5.88 Å². The van der Waals surface area contributed by atoms with Crippen LogP contribution in [0.1, 0.15) is 5.56 Å². The van der Waals surface area contributed by atoms with Crippen molar-refractivity contribution in [3.63, 3.8) is 0 Å². The van der Waals surface area contributed by atoms with Gasteiger partial charge in [-0.05, 0) is 23.8 Å². The first kappa shape index (κ1) is 17.4. The second-order valence-corrected chi connectivity index (χ2v) is 4.49. The van der Waals surface area contributed by atoms with Crippen LogP contribution in [0, 0.1) is 11.6 Å². The number of alkyl halides is 3. The number of nitrogens with zero attached hydrogens (tertiary/aromatic N) is 1. The lowest BCUT2D eigenvalue weighted by Crippen LogP contribution is -2.28. The molecule has 0 unspecified atom stereocenters. The lowest BCUT2D eigenvalue weighted by atomic mass is 10.2. The number of aromatic nitrogens is 1. The number of amides is 2. The highest BCUT2D eigenvalue weighted by molar-refractivity contribution is 5.89. The van der Waals surface area contributed by atoms with Crippen molar-refractivity contribution in [2.75, 3.05) is 5.32 Å². The third-order valence-electron chi connectivity index (χ3n) is 2.65. The minimum Gasteiger partial charge on any atom is -0.388 e. The molecule has 1 aromatic heterocycles. The third-order valence-corrected chi connectivity index (χ3v) is 2.65. The van der Waals surface area contributed by atoms with E-state index in [1.165, 1.54) is 6.07 Å². The Balaban J connectivity index is 1.91. The van der Waals surface area contributed by atoms with Gasteiger partial charge >= 0.3 is 12.4 Å². The van der Waals surface area contributed by atoms with Crippen molar-refractivity contribution >= 4 is 11.7 Å². The first-order valence-electron chi connectivity index (χ1n) is 6.43. The number of anilines is 1. The summed E-state index contributed by atoms with van der Waals surface area (Å²) in [6.45, 7) is -0.133. The highest BCUT2D eigenvalue weighted by Gasteiger charge is 2.31. The van der Waals surface area contributed by atoms with Gasteiger partial charge in [0.05, 0.1) is 0 Å². The lowest BCUT2D eigenvalue weighted by molar-refractivity contribution is -0.276. The first-order chi connectivity index (χ1) is 11.2. The molecule has 1 heterocycles. The van der Waals surface area contributed by atoms with Gasteiger partial charge in [-0.1, -0.05) is 0 Å². The van der Waals surface area contributed by atoms with Crippen molar-refractivity contribution in [1.82, 2.24) is 10.3 Å². The molecule has 0 spiro atoms. The van der Waals surface area contributed by atoms with E-state index in [1.807, 2.05) is 0 Å². The topological polar surface area (TPSA) is 63.2 Å². The summed E-state index contributed by atoms with van der Waals surface area (Å²) in [6.07, 6.45) is -3.78. The minimum atomic E-state index is -4.87. The molecule has 0 saturated heterocycles. The number of halogens is 5. The molecule has 128 valence electrons. The monoisotopic (exact) mass is 347 g/mol. The Morgan fingerprint density at radius 2 is 1.88 bits per heavy atom. The van der Waals surface area contributed by atoms with E-state index in [-0.39, 0.29) is 12.2 Å². The molecular weight excluding hydrogens is 337 g/mol. The van der Waals surface area contributed by atoms with Crippen LogP contribution in [0.4, 0.5) is 32.4 Å². The van der Waals surface area contributed by atoms with Gasteiger partial charge in [-0.25, -0.2) is 18.6 Å². The van der Waals surface area contributed by atoms with Gasteiger partial charge in [-0.3, -0.25) is 0 Å². The van der Waals surface area contributed by atoms with Crippen LogP contribution in [0.15, 0.2) is 36.5 Å². The molecule has 2 rings (SSSR count). The van der Waals surface area contributed by atoms with Gasteiger partial charge in [-0.15, -0.1) is 13.2 Å². The van der Waals surface area contributed by atoms with Crippen LogP contribution >= 0.6 is 0 Å². The zero-order valence-electron chi connectivity index (χ0n) is 11.8. The van der Waals surface area contributed by atoms with Gasteiger partial charge in [0.15, 0.2) is 11.6 Å². The van der Waals surface area contributed by atoms with Crippen LogP contribution in [-0.2, 0) is 6.54 Å². The number of hydrogen-bond acceptors (Lipinski definition) is 3. The Bertz CT molecular complexity index is 737. The lowest BCUT2D eigenvalue weighted by Gasteiger charge is -2.10. The van der Waals surface area contributed by atoms with Crippen molar-refractivity contribution in [1.29, 1.82) is 0 Å². The fraction of sp³-hybridized carbons (Fsp3) is 0.143. The van der Waals surface area contributed by atoms with E-state index in [4.69, 9.17) is 0 Å². The molecular formula is C14H10F5N3O2. The first-order valence-corrected chi connectivity index (χ1v) is 6.43. The molecule has 2 N–H and O–H groups in total. The Morgan fingerprint density at radius 1 is 1.12 bits per heavy atom. The normalized spacial score (nSPS) is 11.0. The van der Waals surface area contributed by atoms with Gasteiger partial charge in [0.2, 0.25) is 5.88 Å². The van der Waals surface area contributed by atoms with Gasteiger partial charge in [-0.2, -0.15) is 0 Å². The van der Waals surface area contributed by atoms with Crippen molar-refractivity contribution in [3.05, 3.63) is 53.7 Å². The smallest absolute Gasteiger partial charge is 0.388 e. The largest absolute Gasteiger partial charge is 0.574 e. The summed E-state index contributed by atoms with van der Waals surface area (Å²) >= 11 is 0. The predicted octanol–water partition coefficient (Wildman–Crippen LogP) is 3.58. The molecule has 0 radical (unpaired) electrons. The number of benzene rings is 1. The fourth-order valence-electron chi connectivity index (χ4n) is 1.67. The molecule has 0 aliphatic carbocycles. The number of pyridine rings is 1. The van der Waals surface area contributed by atoms with Crippen molar-refractivity contribution in [3.8, 4) is 5.88 Å². The highest BCUT2D eigenvalue weighted by Crippen LogP contribution is 2.21.